The number of ketones is 2. The molecule has 1 aliphatic carbocycles. The fraction of sp³-hybridized carbons (Fsp3) is 0.739. The fourth-order valence-electron chi connectivity index (χ4n) is 3.68. The molecule has 2 N–H and O–H groups in total. The van der Waals surface area contributed by atoms with Crippen LogP contribution in [0, 0.1) is 11.8 Å². The van der Waals surface area contributed by atoms with Gasteiger partial charge in [-0.1, -0.05) is 44.1 Å². The lowest BCUT2D eigenvalue weighted by molar-refractivity contribution is -0.123. The van der Waals surface area contributed by atoms with E-state index in [2.05, 4.69) is 6.92 Å². The molecule has 0 amide bonds. The minimum Gasteiger partial charge on any atom is -0.392 e. The highest BCUT2D eigenvalue weighted by Gasteiger charge is 2.39. The first-order valence-corrected chi connectivity index (χ1v) is 10.6. The molecular formula is C23H38O5. The Balaban J connectivity index is 2.48. The van der Waals surface area contributed by atoms with Gasteiger partial charge in [-0.05, 0) is 39.0 Å². The number of methoxy groups -OCH3 is 1. The molecule has 0 aromatic heterocycles. The van der Waals surface area contributed by atoms with Gasteiger partial charge in [0.05, 0.1) is 11.7 Å². The minimum absolute atomic E-state index is 0.0971. The zero-order valence-electron chi connectivity index (χ0n) is 17.7. The molecule has 0 heterocycles. The summed E-state index contributed by atoms with van der Waals surface area (Å²) in [7, 11) is 1.52. The summed E-state index contributed by atoms with van der Waals surface area (Å²) in [4.78, 5) is 23.6. The highest BCUT2D eigenvalue weighted by atomic mass is 16.5. The zero-order valence-corrected chi connectivity index (χ0v) is 17.7. The van der Waals surface area contributed by atoms with Crippen LogP contribution in [0.4, 0.5) is 0 Å². The van der Waals surface area contributed by atoms with Crippen molar-refractivity contribution in [1.29, 1.82) is 0 Å². The number of unbranched alkanes of at least 4 members (excludes halogenated alkanes) is 2. The molecule has 1 saturated carbocycles. The van der Waals surface area contributed by atoms with E-state index < -0.39 is 11.7 Å². The van der Waals surface area contributed by atoms with Crippen LogP contribution in [0.15, 0.2) is 24.3 Å². The van der Waals surface area contributed by atoms with Gasteiger partial charge >= 0.3 is 0 Å². The number of carbonyl (C=O) groups excluding carboxylic acids is 2. The highest BCUT2D eigenvalue weighted by molar-refractivity contribution is 5.84. The maximum absolute atomic E-state index is 12.2. The van der Waals surface area contributed by atoms with E-state index in [-0.39, 0.29) is 36.4 Å². The van der Waals surface area contributed by atoms with Crippen molar-refractivity contribution in [3.05, 3.63) is 24.3 Å². The Labute approximate surface area is 169 Å². The first-order valence-electron chi connectivity index (χ1n) is 10.6. The third-order valence-electron chi connectivity index (χ3n) is 5.41. The summed E-state index contributed by atoms with van der Waals surface area (Å²) in [6, 6.07) is 0. The second kappa shape index (κ2) is 13.0. The van der Waals surface area contributed by atoms with Crippen LogP contribution in [0.5, 0.6) is 0 Å². The molecule has 160 valence electrons. The second-order valence-electron chi connectivity index (χ2n) is 8.23. The Hall–Kier alpha value is -1.30. The molecular weight excluding hydrogens is 356 g/mol. The summed E-state index contributed by atoms with van der Waals surface area (Å²) < 4.78 is 4.80. The Morgan fingerprint density at radius 3 is 2.71 bits per heavy atom. The summed E-state index contributed by atoms with van der Waals surface area (Å²) in [5, 5.41) is 20.6. The topological polar surface area (TPSA) is 83.8 Å². The van der Waals surface area contributed by atoms with Crippen LogP contribution in [0.3, 0.4) is 0 Å². The fourth-order valence-corrected chi connectivity index (χ4v) is 3.68. The summed E-state index contributed by atoms with van der Waals surface area (Å²) in [5.74, 6) is -0.203. The lowest BCUT2D eigenvalue weighted by Crippen LogP contribution is -2.23. The number of aliphatic hydroxyl groups is 2. The number of ether oxygens (including phenoxy) is 1. The van der Waals surface area contributed by atoms with Crippen LogP contribution in [0.25, 0.3) is 0 Å². The van der Waals surface area contributed by atoms with Gasteiger partial charge in [0.2, 0.25) is 0 Å². The van der Waals surface area contributed by atoms with E-state index in [4.69, 9.17) is 4.74 Å². The van der Waals surface area contributed by atoms with Crippen molar-refractivity contribution in [2.75, 3.05) is 13.7 Å². The molecule has 0 aromatic carbocycles. The molecule has 0 spiro atoms. The monoisotopic (exact) mass is 394 g/mol. The van der Waals surface area contributed by atoms with E-state index in [1.165, 1.54) is 7.11 Å². The number of rotatable bonds is 14. The summed E-state index contributed by atoms with van der Waals surface area (Å²) in [5.41, 5.74) is -0.740. The van der Waals surface area contributed by atoms with Crippen LogP contribution in [0.1, 0.15) is 71.6 Å². The Morgan fingerprint density at radius 1 is 1.29 bits per heavy atom. The van der Waals surface area contributed by atoms with Gasteiger partial charge in [-0.3, -0.25) is 9.59 Å². The van der Waals surface area contributed by atoms with Crippen molar-refractivity contribution in [2.24, 2.45) is 11.8 Å². The molecule has 1 fully saturated rings. The number of allylic oxidation sites excluding steroid dienone is 2. The van der Waals surface area contributed by atoms with Gasteiger partial charge < -0.3 is 14.9 Å². The molecule has 0 bridgehead atoms. The lowest BCUT2D eigenvalue weighted by Gasteiger charge is -2.22. The standard InChI is InChI=1S/C23H38O5/c1-4-5-14-23(2,27)15-10-13-20-19(21(25)16-22(20)26)12-9-7-6-8-11-18(24)17-28-3/h7,9-10,13,19-20,22,26-27H,4-6,8,11-12,14-17H2,1-3H3/b9-7-,13-10+/t19-,20-,22-,23?/m1/s1. The van der Waals surface area contributed by atoms with Crippen LogP contribution in [-0.4, -0.2) is 47.2 Å². The van der Waals surface area contributed by atoms with Crippen molar-refractivity contribution in [2.45, 2.75) is 83.3 Å². The Kier molecular flexibility index (Phi) is 11.5. The van der Waals surface area contributed by atoms with Crippen LogP contribution in [-0.2, 0) is 14.3 Å². The first-order chi connectivity index (χ1) is 13.3. The van der Waals surface area contributed by atoms with Gasteiger partial charge in [-0.15, -0.1) is 0 Å². The van der Waals surface area contributed by atoms with Gasteiger partial charge in [0.15, 0.2) is 5.78 Å². The van der Waals surface area contributed by atoms with E-state index in [0.29, 0.717) is 19.3 Å². The quantitative estimate of drug-likeness (QED) is 0.346. The van der Waals surface area contributed by atoms with Crippen molar-refractivity contribution >= 4 is 11.6 Å². The third-order valence-corrected chi connectivity index (χ3v) is 5.41. The molecule has 4 atom stereocenters. The predicted octanol–water partition coefficient (Wildman–Crippen LogP) is 3.77. The van der Waals surface area contributed by atoms with Gasteiger partial charge in [0.1, 0.15) is 12.4 Å². The summed E-state index contributed by atoms with van der Waals surface area (Å²) in [6.45, 7) is 4.10. The number of carbonyl (C=O) groups is 2. The number of aliphatic hydroxyl groups excluding tert-OH is 1. The van der Waals surface area contributed by atoms with E-state index in [0.717, 1.165) is 32.1 Å². The predicted molar refractivity (Wildman–Crippen MR) is 111 cm³/mol. The molecule has 0 aromatic rings. The molecule has 0 saturated heterocycles. The number of hydrogen-bond donors (Lipinski definition) is 2. The average Bonchev–Trinajstić information content (AvgIpc) is 2.89. The first kappa shape index (κ1) is 24.7. The SMILES string of the molecule is CCCCC(C)(O)C/C=C/[C@H]1[C@H](O)CC(=O)[C@@H]1C/C=C\CCCC(=O)COC. The van der Waals surface area contributed by atoms with Crippen molar-refractivity contribution in [3.63, 3.8) is 0 Å². The third kappa shape index (κ3) is 9.26. The molecule has 5 heteroatoms. The second-order valence-corrected chi connectivity index (χ2v) is 8.23. The zero-order chi connectivity index (χ0) is 21.0. The van der Waals surface area contributed by atoms with Gasteiger partial charge in [-0.2, -0.15) is 0 Å². The Morgan fingerprint density at radius 2 is 2.04 bits per heavy atom. The van der Waals surface area contributed by atoms with Gasteiger partial charge in [-0.25, -0.2) is 0 Å². The molecule has 0 aliphatic heterocycles. The van der Waals surface area contributed by atoms with E-state index >= 15 is 0 Å². The number of Topliss-reactive ketones (excluding diaryl/α,β-unsaturated/α-hetero) is 2. The van der Waals surface area contributed by atoms with Crippen LogP contribution in [0.2, 0.25) is 0 Å². The average molecular weight is 395 g/mol. The van der Waals surface area contributed by atoms with E-state index in [1.807, 2.05) is 31.2 Å². The maximum atomic E-state index is 12.2. The number of hydrogen-bond acceptors (Lipinski definition) is 5. The molecule has 5 nitrogen and oxygen atoms in total. The maximum Gasteiger partial charge on any atom is 0.158 e. The summed E-state index contributed by atoms with van der Waals surface area (Å²) in [6.07, 6.45) is 13.4. The van der Waals surface area contributed by atoms with Gasteiger partial charge in [0.25, 0.3) is 0 Å². The van der Waals surface area contributed by atoms with Crippen molar-refractivity contribution in [1.82, 2.24) is 0 Å². The molecule has 1 aliphatic rings. The Bertz CT molecular complexity index is 535. The van der Waals surface area contributed by atoms with Gasteiger partial charge in [0, 0.05) is 31.8 Å². The summed E-state index contributed by atoms with van der Waals surface area (Å²) >= 11 is 0. The largest absolute Gasteiger partial charge is 0.392 e. The molecule has 0 radical (unpaired) electrons. The molecule has 28 heavy (non-hydrogen) atoms. The normalized spacial score (nSPS) is 25.0. The van der Waals surface area contributed by atoms with E-state index in [9.17, 15) is 19.8 Å². The highest BCUT2D eigenvalue weighted by Crippen LogP contribution is 2.33. The van der Waals surface area contributed by atoms with Crippen molar-refractivity contribution in [3.8, 4) is 0 Å². The van der Waals surface area contributed by atoms with Crippen LogP contribution < -0.4 is 0 Å². The molecule has 1 unspecified atom stereocenters. The van der Waals surface area contributed by atoms with Crippen molar-refractivity contribution < 1.29 is 24.5 Å². The smallest absolute Gasteiger partial charge is 0.158 e. The minimum atomic E-state index is -0.740. The van der Waals surface area contributed by atoms with Crippen LogP contribution >= 0.6 is 0 Å². The lowest BCUT2D eigenvalue weighted by atomic mass is 9.89. The molecule has 1 rings (SSSR count). The van der Waals surface area contributed by atoms with E-state index in [1.54, 1.807) is 0 Å².